The smallest absolute Gasteiger partial charge is 0.248 e. The highest BCUT2D eigenvalue weighted by molar-refractivity contribution is 9.10. The Labute approximate surface area is 126 Å². The van der Waals surface area contributed by atoms with Crippen LogP contribution in [-0.4, -0.2) is 15.7 Å². The van der Waals surface area contributed by atoms with E-state index < -0.39 is 5.54 Å². The molecule has 0 aliphatic rings. The summed E-state index contributed by atoms with van der Waals surface area (Å²) in [5.74, 6) is -0.268. The Morgan fingerprint density at radius 3 is 2.65 bits per heavy atom. The number of halogens is 1. The molecule has 0 fully saturated rings. The van der Waals surface area contributed by atoms with Crippen molar-refractivity contribution in [2.24, 2.45) is 5.73 Å². The van der Waals surface area contributed by atoms with Gasteiger partial charge in [0.1, 0.15) is 5.54 Å². The first-order valence-corrected chi connectivity index (χ1v) is 7.11. The van der Waals surface area contributed by atoms with Gasteiger partial charge in [0.15, 0.2) is 0 Å². The highest BCUT2D eigenvalue weighted by Crippen LogP contribution is 2.22. The van der Waals surface area contributed by atoms with E-state index in [1.165, 1.54) is 0 Å². The van der Waals surface area contributed by atoms with E-state index in [1.54, 1.807) is 24.0 Å². The molecule has 1 amide bonds. The number of nitrogens with one attached hydrogen (secondary N) is 1. The number of benzene rings is 1. The number of hydrogen-bond donors (Lipinski definition) is 2. The van der Waals surface area contributed by atoms with Crippen molar-refractivity contribution in [3.8, 4) is 0 Å². The number of anilines is 1. The topological polar surface area (TPSA) is 72.9 Å². The molecule has 0 aliphatic heterocycles. The van der Waals surface area contributed by atoms with Crippen LogP contribution in [0.2, 0.25) is 0 Å². The Bertz CT molecular complexity index is 604. The molecule has 0 radical (unpaired) electrons. The summed E-state index contributed by atoms with van der Waals surface area (Å²) in [4.78, 5) is 12.3. The maximum Gasteiger partial charge on any atom is 0.248 e. The predicted octanol–water partition coefficient (Wildman–Crippen LogP) is 2.48. The van der Waals surface area contributed by atoms with Crippen LogP contribution in [-0.2, 0) is 16.9 Å². The third-order valence-electron chi connectivity index (χ3n) is 3.13. The molecule has 1 unspecified atom stereocenters. The Balaban J connectivity index is 2.16. The molecule has 1 heterocycles. The average Bonchev–Trinajstić information content (AvgIpc) is 2.87. The fourth-order valence-corrected chi connectivity index (χ4v) is 2.05. The van der Waals surface area contributed by atoms with E-state index in [2.05, 4.69) is 26.3 Å². The predicted molar refractivity (Wildman–Crippen MR) is 82.2 cm³/mol. The summed E-state index contributed by atoms with van der Waals surface area (Å²) in [6.07, 6.45) is 3.38. The van der Waals surface area contributed by atoms with Crippen molar-refractivity contribution < 1.29 is 4.79 Å². The molecule has 20 heavy (non-hydrogen) atoms. The van der Waals surface area contributed by atoms with Gasteiger partial charge in [0.25, 0.3) is 0 Å². The molecule has 3 N–H and O–H groups in total. The number of rotatable bonds is 4. The second kappa shape index (κ2) is 5.76. The molecule has 0 bridgehead atoms. The zero-order valence-corrected chi connectivity index (χ0v) is 13.0. The van der Waals surface area contributed by atoms with Crippen molar-refractivity contribution in [1.82, 2.24) is 9.78 Å². The summed E-state index contributed by atoms with van der Waals surface area (Å²) < 4.78 is 2.69. The van der Waals surface area contributed by atoms with Gasteiger partial charge in [0.2, 0.25) is 5.91 Å². The lowest BCUT2D eigenvalue weighted by Gasteiger charge is -2.23. The van der Waals surface area contributed by atoms with Gasteiger partial charge in [-0.2, -0.15) is 5.10 Å². The first-order valence-electron chi connectivity index (χ1n) is 6.32. The maximum atomic E-state index is 12.3. The van der Waals surface area contributed by atoms with Gasteiger partial charge in [-0.05, 0) is 31.5 Å². The Kier molecular flexibility index (Phi) is 4.25. The number of amides is 1. The summed E-state index contributed by atoms with van der Waals surface area (Å²) in [6, 6.07) is 7.39. The second-order valence-electron chi connectivity index (χ2n) is 4.75. The lowest BCUT2D eigenvalue weighted by Crippen LogP contribution is -2.45. The van der Waals surface area contributed by atoms with Crippen LogP contribution in [0, 0.1) is 0 Å². The van der Waals surface area contributed by atoms with Crippen LogP contribution in [0.3, 0.4) is 0 Å². The third-order valence-corrected chi connectivity index (χ3v) is 3.66. The van der Waals surface area contributed by atoms with E-state index >= 15 is 0 Å². The van der Waals surface area contributed by atoms with Crippen molar-refractivity contribution in [3.63, 3.8) is 0 Å². The molecule has 0 saturated carbocycles. The van der Waals surface area contributed by atoms with Crippen LogP contribution in [0.5, 0.6) is 0 Å². The average molecular weight is 337 g/mol. The van der Waals surface area contributed by atoms with E-state index in [-0.39, 0.29) is 5.91 Å². The molecule has 0 aliphatic carbocycles. The minimum Gasteiger partial charge on any atom is -0.322 e. The van der Waals surface area contributed by atoms with Gasteiger partial charge in [-0.1, -0.05) is 28.1 Å². The highest BCUT2D eigenvalue weighted by Gasteiger charge is 2.30. The van der Waals surface area contributed by atoms with Crippen molar-refractivity contribution in [3.05, 3.63) is 46.7 Å². The van der Waals surface area contributed by atoms with E-state index in [9.17, 15) is 4.79 Å². The largest absolute Gasteiger partial charge is 0.322 e. The molecule has 2 rings (SSSR count). The van der Waals surface area contributed by atoms with E-state index in [0.717, 1.165) is 16.6 Å². The Morgan fingerprint density at radius 1 is 1.45 bits per heavy atom. The molecule has 1 aromatic carbocycles. The van der Waals surface area contributed by atoms with E-state index in [0.29, 0.717) is 5.69 Å². The molecule has 0 spiro atoms. The molecule has 6 heteroatoms. The molecule has 2 aromatic rings. The van der Waals surface area contributed by atoms with Crippen molar-refractivity contribution >= 4 is 27.5 Å². The summed E-state index contributed by atoms with van der Waals surface area (Å²) in [5, 5.41) is 6.90. The summed E-state index contributed by atoms with van der Waals surface area (Å²) in [7, 11) is 0. The number of carbonyl (C=O) groups is 1. The van der Waals surface area contributed by atoms with Crippen LogP contribution in [0.4, 0.5) is 5.69 Å². The number of aromatic nitrogens is 2. The van der Waals surface area contributed by atoms with Gasteiger partial charge < -0.3 is 11.1 Å². The summed E-state index contributed by atoms with van der Waals surface area (Å²) >= 11 is 3.36. The fourth-order valence-electron chi connectivity index (χ4n) is 1.79. The van der Waals surface area contributed by atoms with Crippen LogP contribution in [0.15, 0.2) is 41.1 Å². The molecular formula is C14H17BrN4O. The van der Waals surface area contributed by atoms with Crippen LogP contribution >= 0.6 is 15.9 Å². The van der Waals surface area contributed by atoms with Gasteiger partial charge >= 0.3 is 0 Å². The Hall–Kier alpha value is -1.66. The molecule has 1 aromatic heterocycles. The first kappa shape index (κ1) is 14.7. The highest BCUT2D eigenvalue weighted by atomic mass is 79.9. The summed E-state index contributed by atoms with van der Waals surface area (Å²) in [5.41, 5.74) is 6.46. The number of nitrogens with two attached hydrogens (primary N) is 1. The standard InChI is InChI=1S/C14H17BrN4O/c1-3-19-9-12(8-17-19)18-13(20)14(2,16)10-4-6-11(15)7-5-10/h4-9H,3,16H2,1-2H3,(H,18,20). The first-order chi connectivity index (χ1) is 9.43. The zero-order chi connectivity index (χ0) is 14.8. The number of hydrogen-bond acceptors (Lipinski definition) is 3. The van der Waals surface area contributed by atoms with Crippen LogP contribution in [0.1, 0.15) is 19.4 Å². The fraction of sp³-hybridized carbons (Fsp3) is 0.286. The molecular weight excluding hydrogens is 320 g/mol. The van der Waals surface area contributed by atoms with Crippen molar-refractivity contribution in [2.75, 3.05) is 5.32 Å². The maximum absolute atomic E-state index is 12.3. The minimum absolute atomic E-state index is 0.268. The number of carbonyl (C=O) groups excluding carboxylic acids is 1. The van der Waals surface area contributed by atoms with Gasteiger partial charge in [-0.15, -0.1) is 0 Å². The molecule has 1 atom stereocenters. The second-order valence-corrected chi connectivity index (χ2v) is 5.66. The Morgan fingerprint density at radius 2 is 2.10 bits per heavy atom. The number of aryl methyl sites for hydroxylation is 1. The van der Waals surface area contributed by atoms with Crippen molar-refractivity contribution in [1.29, 1.82) is 0 Å². The molecule has 0 saturated heterocycles. The lowest BCUT2D eigenvalue weighted by atomic mass is 9.92. The quantitative estimate of drug-likeness (QED) is 0.900. The minimum atomic E-state index is -1.10. The van der Waals surface area contributed by atoms with Gasteiger partial charge in [0, 0.05) is 17.2 Å². The molecule has 106 valence electrons. The van der Waals surface area contributed by atoms with Gasteiger partial charge in [-0.25, -0.2) is 0 Å². The van der Waals surface area contributed by atoms with Gasteiger partial charge in [-0.3, -0.25) is 9.48 Å². The monoisotopic (exact) mass is 336 g/mol. The summed E-state index contributed by atoms with van der Waals surface area (Å²) in [6.45, 7) is 4.42. The normalized spacial score (nSPS) is 13.8. The van der Waals surface area contributed by atoms with E-state index in [1.807, 2.05) is 31.2 Å². The van der Waals surface area contributed by atoms with Crippen molar-refractivity contribution in [2.45, 2.75) is 25.9 Å². The third kappa shape index (κ3) is 3.08. The molecule has 5 nitrogen and oxygen atoms in total. The van der Waals surface area contributed by atoms with Crippen LogP contribution in [0.25, 0.3) is 0 Å². The number of nitrogens with zero attached hydrogens (tertiary/aromatic N) is 2. The zero-order valence-electron chi connectivity index (χ0n) is 11.4. The van der Waals surface area contributed by atoms with E-state index in [4.69, 9.17) is 5.73 Å². The van der Waals surface area contributed by atoms with Gasteiger partial charge in [0.05, 0.1) is 11.9 Å². The SMILES string of the molecule is CCn1cc(NC(=O)C(C)(N)c2ccc(Br)cc2)cn1. The van der Waals surface area contributed by atoms with Crippen LogP contribution < -0.4 is 11.1 Å². The lowest BCUT2D eigenvalue weighted by molar-refractivity contribution is -0.120.